The van der Waals surface area contributed by atoms with Crippen molar-refractivity contribution in [2.45, 2.75) is 19.8 Å². The van der Waals surface area contributed by atoms with Gasteiger partial charge in [0.1, 0.15) is 0 Å². The highest BCUT2D eigenvalue weighted by atomic mass is 35.5. The number of carbonyl (C=O) groups excluding carboxylic acids is 1. The van der Waals surface area contributed by atoms with Gasteiger partial charge in [0, 0.05) is 24.0 Å². The van der Waals surface area contributed by atoms with Crippen LogP contribution in [0, 0.1) is 6.92 Å². The van der Waals surface area contributed by atoms with Crippen LogP contribution in [0.15, 0.2) is 42.7 Å². The van der Waals surface area contributed by atoms with E-state index < -0.39 is 0 Å². The Morgan fingerprint density at radius 1 is 1.26 bits per heavy atom. The van der Waals surface area contributed by atoms with Gasteiger partial charge in [0.2, 0.25) is 11.9 Å². The van der Waals surface area contributed by atoms with E-state index in [1.807, 2.05) is 37.3 Å². The van der Waals surface area contributed by atoms with Gasteiger partial charge in [0.15, 0.2) is 0 Å². The number of anilines is 3. The van der Waals surface area contributed by atoms with Crippen molar-refractivity contribution in [1.82, 2.24) is 15.0 Å². The van der Waals surface area contributed by atoms with E-state index in [-0.39, 0.29) is 5.91 Å². The van der Waals surface area contributed by atoms with Crippen molar-refractivity contribution in [3.05, 3.63) is 70.3 Å². The molecular formula is C19H17ClN6O. The van der Waals surface area contributed by atoms with Crippen LogP contribution < -0.4 is 16.2 Å². The molecule has 0 fully saturated rings. The highest BCUT2D eigenvalue weighted by molar-refractivity contribution is 6.31. The minimum atomic E-state index is -0.0264. The van der Waals surface area contributed by atoms with E-state index in [4.69, 9.17) is 17.4 Å². The third-order valence-electron chi connectivity index (χ3n) is 4.46. The standard InChI is InChI=1S/C19H17ClN6O/c1-11-3-2-6-22-16(11)9-17-14(20)10-23-19(25-17)26(21)13-4-5-15-12(7-13)8-18(27)24-15/h2-7,10H,8-9,21H2,1H3,(H,24,27). The van der Waals surface area contributed by atoms with Gasteiger partial charge in [-0.2, -0.15) is 0 Å². The fraction of sp³-hybridized carbons (Fsp3) is 0.158. The number of hydrazine groups is 1. The molecule has 4 rings (SSSR count). The molecule has 1 aliphatic rings. The van der Waals surface area contributed by atoms with Crippen molar-refractivity contribution in [3.63, 3.8) is 0 Å². The van der Waals surface area contributed by atoms with Crippen molar-refractivity contribution < 1.29 is 4.79 Å². The first-order valence-electron chi connectivity index (χ1n) is 8.41. The van der Waals surface area contributed by atoms with Crippen molar-refractivity contribution in [1.29, 1.82) is 0 Å². The first-order valence-corrected chi connectivity index (χ1v) is 8.78. The summed E-state index contributed by atoms with van der Waals surface area (Å²) >= 11 is 6.28. The molecule has 1 aliphatic heterocycles. The maximum atomic E-state index is 11.5. The second-order valence-electron chi connectivity index (χ2n) is 6.34. The molecule has 0 saturated carbocycles. The first kappa shape index (κ1) is 17.4. The number of pyridine rings is 1. The summed E-state index contributed by atoms with van der Waals surface area (Å²) < 4.78 is 0. The maximum Gasteiger partial charge on any atom is 0.244 e. The summed E-state index contributed by atoms with van der Waals surface area (Å²) in [5, 5.41) is 4.64. The van der Waals surface area contributed by atoms with Crippen molar-refractivity contribution in [2.75, 3.05) is 10.3 Å². The van der Waals surface area contributed by atoms with Crippen LogP contribution >= 0.6 is 11.6 Å². The van der Waals surface area contributed by atoms with Gasteiger partial charge in [-0.15, -0.1) is 0 Å². The Morgan fingerprint density at radius 2 is 2.11 bits per heavy atom. The van der Waals surface area contributed by atoms with Gasteiger partial charge in [0.25, 0.3) is 0 Å². The average Bonchev–Trinajstić information content (AvgIpc) is 3.04. The van der Waals surface area contributed by atoms with Gasteiger partial charge >= 0.3 is 0 Å². The summed E-state index contributed by atoms with van der Waals surface area (Å²) in [5.41, 5.74) is 5.00. The van der Waals surface area contributed by atoms with Gasteiger partial charge in [-0.25, -0.2) is 20.8 Å². The zero-order valence-corrected chi connectivity index (χ0v) is 15.4. The van der Waals surface area contributed by atoms with Crippen molar-refractivity contribution >= 4 is 34.8 Å². The fourth-order valence-corrected chi connectivity index (χ4v) is 3.13. The van der Waals surface area contributed by atoms with E-state index >= 15 is 0 Å². The lowest BCUT2D eigenvalue weighted by Gasteiger charge is -2.18. The lowest BCUT2D eigenvalue weighted by Crippen LogP contribution is -2.27. The highest BCUT2D eigenvalue weighted by Gasteiger charge is 2.20. The Bertz CT molecular complexity index is 1040. The topological polar surface area (TPSA) is 97.0 Å². The fourth-order valence-electron chi connectivity index (χ4n) is 2.98. The van der Waals surface area contributed by atoms with Gasteiger partial charge in [-0.05, 0) is 42.3 Å². The summed E-state index contributed by atoms with van der Waals surface area (Å²) in [6, 6.07) is 9.37. The molecule has 3 heterocycles. The van der Waals surface area contributed by atoms with E-state index in [1.165, 1.54) is 11.2 Å². The summed E-state index contributed by atoms with van der Waals surface area (Å²) in [7, 11) is 0. The number of rotatable bonds is 4. The predicted molar refractivity (Wildman–Crippen MR) is 104 cm³/mol. The quantitative estimate of drug-likeness (QED) is 0.533. The number of hydrogen-bond acceptors (Lipinski definition) is 6. The Labute approximate surface area is 161 Å². The third kappa shape index (κ3) is 3.47. The first-order chi connectivity index (χ1) is 13.0. The molecule has 0 aliphatic carbocycles. The molecule has 3 aromatic rings. The molecule has 7 nitrogen and oxygen atoms in total. The van der Waals surface area contributed by atoms with Crippen LogP contribution in [0.1, 0.15) is 22.5 Å². The Hall–Kier alpha value is -3.03. The van der Waals surface area contributed by atoms with Crippen LogP contribution in [0.5, 0.6) is 0 Å². The minimum absolute atomic E-state index is 0.0264. The van der Waals surface area contributed by atoms with Gasteiger partial charge in [-0.3, -0.25) is 9.78 Å². The Kier molecular flexibility index (Phi) is 4.47. The molecule has 1 aromatic carbocycles. The Balaban J connectivity index is 1.64. The normalized spacial score (nSPS) is 12.6. The number of nitrogens with one attached hydrogen (secondary N) is 1. The number of nitrogens with two attached hydrogens (primary N) is 1. The van der Waals surface area contributed by atoms with Crippen LogP contribution in [0.2, 0.25) is 5.02 Å². The number of nitrogens with zero attached hydrogens (tertiary/aromatic N) is 4. The van der Waals surface area contributed by atoms with E-state index in [2.05, 4.69) is 20.3 Å². The summed E-state index contributed by atoms with van der Waals surface area (Å²) in [6.07, 6.45) is 4.10. The molecule has 136 valence electrons. The summed E-state index contributed by atoms with van der Waals surface area (Å²) in [6.45, 7) is 1.99. The average molecular weight is 381 g/mol. The lowest BCUT2D eigenvalue weighted by atomic mass is 10.1. The summed E-state index contributed by atoms with van der Waals surface area (Å²) in [4.78, 5) is 24.7. The number of carbonyl (C=O) groups is 1. The minimum Gasteiger partial charge on any atom is -0.326 e. The van der Waals surface area contributed by atoms with Crippen LogP contribution in [-0.4, -0.2) is 20.9 Å². The number of amides is 1. The van der Waals surface area contributed by atoms with Crippen LogP contribution in [0.4, 0.5) is 17.3 Å². The molecule has 1 amide bonds. The van der Waals surface area contributed by atoms with Crippen molar-refractivity contribution in [3.8, 4) is 0 Å². The molecule has 0 saturated heterocycles. The second kappa shape index (κ2) is 6.94. The van der Waals surface area contributed by atoms with E-state index in [1.54, 1.807) is 6.20 Å². The molecule has 0 unspecified atom stereocenters. The SMILES string of the molecule is Cc1cccnc1Cc1nc(N(N)c2ccc3c(c2)CC(=O)N3)ncc1Cl. The van der Waals surface area contributed by atoms with Crippen LogP contribution in [-0.2, 0) is 17.6 Å². The van der Waals surface area contributed by atoms with E-state index in [9.17, 15) is 4.79 Å². The zero-order valence-electron chi connectivity index (χ0n) is 14.6. The maximum absolute atomic E-state index is 11.5. The van der Waals surface area contributed by atoms with Crippen molar-refractivity contribution in [2.24, 2.45) is 5.84 Å². The highest BCUT2D eigenvalue weighted by Crippen LogP contribution is 2.29. The van der Waals surface area contributed by atoms with Gasteiger partial charge in [0.05, 0.1) is 29.0 Å². The van der Waals surface area contributed by atoms with Gasteiger partial charge in [-0.1, -0.05) is 17.7 Å². The smallest absolute Gasteiger partial charge is 0.244 e. The number of fused-ring (bicyclic) bond motifs is 1. The predicted octanol–water partition coefficient (Wildman–Crippen LogP) is 2.93. The van der Waals surface area contributed by atoms with Gasteiger partial charge < -0.3 is 5.32 Å². The Morgan fingerprint density at radius 3 is 2.93 bits per heavy atom. The molecule has 2 aromatic heterocycles. The molecule has 8 heteroatoms. The molecule has 0 bridgehead atoms. The zero-order chi connectivity index (χ0) is 19.0. The third-order valence-corrected chi connectivity index (χ3v) is 4.78. The number of benzene rings is 1. The molecule has 0 atom stereocenters. The van der Waals surface area contributed by atoms with Crippen LogP contribution in [0.25, 0.3) is 0 Å². The van der Waals surface area contributed by atoms with Crippen LogP contribution in [0.3, 0.4) is 0 Å². The molecule has 3 N–H and O–H groups in total. The number of aromatic nitrogens is 3. The second-order valence-corrected chi connectivity index (χ2v) is 6.75. The number of hydrogen-bond donors (Lipinski definition) is 2. The van der Waals surface area contributed by atoms with E-state index in [0.717, 1.165) is 22.5 Å². The molecule has 0 spiro atoms. The lowest BCUT2D eigenvalue weighted by molar-refractivity contribution is -0.115. The number of aryl methyl sites for hydroxylation is 1. The summed E-state index contributed by atoms with van der Waals surface area (Å²) in [5.74, 6) is 6.52. The largest absolute Gasteiger partial charge is 0.326 e. The molecule has 0 radical (unpaired) electrons. The van der Waals surface area contributed by atoms with E-state index in [0.29, 0.717) is 35.2 Å². The molecular weight excluding hydrogens is 364 g/mol. The molecule has 27 heavy (non-hydrogen) atoms. The number of halogens is 1. The monoisotopic (exact) mass is 380 g/mol.